The van der Waals surface area contributed by atoms with Gasteiger partial charge in [-0.2, -0.15) is 5.10 Å². The summed E-state index contributed by atoms with van der Waals surface area (Å²) in [6, 6.07) is 0. The van der Waals surface area contributed by atoms with Gasteiger partial charge in [-0.3, -0.25) is 5.10 Å². The van der Waals surface area contributed by atoms with Gasteiger partial charge in [0.15, 0.2) is 5.03 Å². The van der Waals surface area contributed by atoms with Crippen molar-refractivity contribution < 1.29 is 13.2 Å². The van der Waals surface area contributed by atoms with Crippen molar-refractivity contribution in [1.29, 1.82) is 0 Å². The van der Waals surface area contributed by atoms with E-state index in [1.807, 2.05) is 6.92 Å². The molecule has 0 bridgehead atoms. The van der Waals surface area contributed by atoms with Crippen molar-refractivity contribution in [1.82, 2.24) is 14.9 Å². The van der Waals surface area contributed by atoms with Crippen LogP contribution in [0.2, 0.25) is 0 Å². The Labute approximate surface area is 113 Å². The summed E-state index contributed by atoms with van der Waals surface area (Å²) in [5.41, 5.74) is 6.77. The second-order valence-corrected chi connectivity index (χ2v) is 6.50. The molecule has 4 N–H and O–H groups in total. The molecule has 0 aromatic carbocycles. The van der Waals surface area contributed by atoms with Crippen molar-refractivity contribution in [3.63, 3.8) is 0 Å². The Hall–Kier alpha value is -0.960. The maximum absolute atomic E-state index is 12.2. The summed E-state index contributed by atoms with van der Waals surface area (Å²) >= 11 is 0. The van der Waals surface area contributed by atoms with E-state index in [2.05, 4.69) is 14.9 Å². The first-order chi connectivity index (χ1) is 8.95. The zero-order chi connectivity index (χ0) is 14.0. The zero-order valence-electron chi connectivity index (χ0n) is 11.1. The molecule has 2 heterocycles. The minimum atomic E-state index is -3.62. The molecular weight excluding hydrogens is 268 g/mol. The van der Waals surface area contributed by atoms with Gasteiger partial charge < -0.3 is 10.5 Å². The van der Waals surface area contributed by atoms with E-state index in [0.717, 1.165) is 6.42 Å². The minimum absolute atomic E-state index is 0.000863. The standard InChI is InChI=1S/C11H20N4O3S/c1-7-10(5-12)11(15-14-7)19(16,17)13-6-9-3-4-18-8(9)2/h8-9,13H,3-6,12H2,1-2H3,(H,14,15). The molecule has 0 saturated carbocycles. The van der Waals surface area contributed by atoms with Crippen LogP contribution in [0.4, 0.5) is 0 Å². The summed E-state index contributed by atoms with van der Waals surface area (Å²) in [6.07, 6.45) is 0.949. The first-order valence-corrected chi connectivity index (χ1v) is 7.79. The maximum atomic E-state index is 12.2. The number of ether oxygens (including phenoxy) is 1. The summed E-state index contributed by atoms with van der Waals surface area (Å²) < 4.78 is 32.4. The van der Waals surface area contributed by atoms with Crippen LogP contribution in [-0.4, -0.2) is 37.9 Å². The van der Waals surface area contributed by atoms with Crippen molar-refractivity contribution in [2.24, 2.45) is 11.7 Å². The molecule has 1 aliphatic heterocycles. The van der Waals surface area contributed by atoms with Crippen molar-refractivity contribution in [2.75, 3.05) is 13.2 Å². The van der Waals surface area contributed by atoms with Gasteiger partial charge in [-0.25, -0.2) is 13.1 Å². The lowest BCUT2D eigenvalue weighted by molar-refractivity contribution is 0.107. The molecule has 2 atom stereocenters. The lowest BCUT2D eigenvalue weighted by Crippen LogP contribution is -2.32. The molecular formula is C11H20N4O3S. The maximum Gasteiger partial charge on any atom is 0.260 e. The molecule has 1 aromatic rings. The van der Waals surface area contributed by atoms with E-state index in [1.54, 1.807) is 6.92 Å². The second-order valence-electron chi connectivity index (χ2n) is 4.81. The van der Waals surface area contributed by atoms with E-state index >= 15 is 0 Å². The van der Waals surface area contributed by atoms with E-state index < -0.39 is 10.0 Å². The minimum Gasteiger partial charge on any atom is -0.378 e. The SMILES string of the molecule is Cc1[nH]nc(S(=O)(=O)NCC2CCOC2C)c1CN. The molecule has 1 aliphatic rings. The number of H-pyrrole nitrogens is 1. The fraction of sp³-hybridized carbons (Fsp3) is 0.727. The topological polar surface area (TPSA) is 110 Å². The van der Waals surface area contributed by atoms with Gasteiger partial charge in [0.05, 0.1) is 6.10 Å². The first kappa shape index (κ1) is 14.4. The molecule has 108 valence electrons. The van der Waals surface area contributed by atoms with Gasteiger partial charge in [0.1, 0.15) is 0 Å². The number of hydrogen-bond donors (Lipinski definition) is 3. The molecule has 19 heavy (non-hydrogen) atoms. The zero-order valence-corrected chi connectivity index (χ0v) is 12.0. The Bertz CT molecular complexity index is 540. The van der Waals surface area contributed by atoms with Crippen LogP contribution in [-0.2, 0) is 21.3 Å². The molecule has 7 nitrogen and oxygen atoms in total. The normalized spacial score (nSPS) is 23.9. The third-order valence-corrected chi connectivity index (χ3v) is 4.96. The monoisotopic (exact) mass is 288 g/mol. The highest BCUT2D eigenvalue weighted by Crippen LogP contribution is 2.21. The van der Waals surface area contributed by atoms with E-state index in [0.29, 0.717) is 24.4 Å². The Balaban J connectivity index is 2.09. The van der Waals surface area contributed by atoms with E-state index in [4.69, 9.17) is 10.5 Å². The van der Waals surface area contributed by atoms with Crippen LogP contribution in [0.3, 0.4) is 0 Å². The predicted octanol–water partition coefficient (Wildman–Crippen LogP) is -0.120. The molecule has 1 fully saturated rings. The quantitative estimate of drug-likeness (QED) is 0.699. The predicted molar refractivity (Wildman–Crippen MR) is 69.9 cm³/mol. The van der Waals surface area contributed by atoms with Gasteiger partial charge >= 0.3 is 0 Å². The second kappa shape index (κ2) is 5.58. The Morgan fingerprint density at radius 1 is 1.58 bits per heavy atom. The summed E-state index contributed by atoms with van der Waals surface area (Å²) in [6.45, 7) is 4.89. The van der Waals surface area contributed by atoms with Gasteiger partial charge in [0, 0.05) is 36.9 Å². The average molecular weight is 288 g/mol. The number of rotatable bonds is 5. The molecule has 1 aromatic heterocycles. The highest BCUT2D eigenvalue weighted by molar-refractivity contribution is 7.89. The summed E-state index contributed by atoms with van der Waals surface area (Å²) in [4.78, 5) is 0. The third-order valence-electron chi connectivity index (χ3n) is 3.56. The molecule has 0 radical (unpaired) electrons. The van der Waals surface area contributed by atoms with Crippen LogP contribution in [0.25, 0.3) is 0 Å². The van der Waals surface area contributed by atoms with Gasteiger partial charge in [0.2, 0.25) is 0 Å². The molecule has 0 amide bonds. The highest BCUT2D eigenvalue weighted by atomic mass is 32.2. The van der Waals surface area contributed by atoms with Crippen LogP contribution in [0, 0.1) is 12.8 Å². The number of aryl methyl sites for hydroxylation is 1. The summed E-state index contributed by atoms with van der Waals surface area (Å²) in [7, 11) is -3.62. The fourth-order valence-corrected chi connectivity index (χ4v) is 3.52. The van der Waals surface area contributed by atoms with Gasteiger partial charge in [0.25, 0.3) is 10.0 Å². The van der Waals surface area contributed by atoms with Crippen molar-refractivity contribution in [3.05, 3.63) is 11.3 Å². The fourth-order valence-electron chi connectivity index (χ4n) is 2.22. The number of nitrogens with zero attached hydrogens (tertiary/aromatic N) is 1. The van der Waals surface area contributed by atoms with Crippen LogP contribution < -0.4 is 10.5 Å². The first-order valence-electron chi connectivity index (χ1n) is 6.31. The largest absolute Gasteiger partial charge is 0.378 e. The molecule has 0 spiro atoms. The van der Waals surface area contributed by atoms with Crippen LogP contribution >= 0.6 is 0 Å². The Kier molecular flexibility index (Phi) is 4.24. The number of hydrogen-bond acceptors (Lipinski definition) is 5. The molecule has 1 saturated heterocycles. The van der Waals surface area contributed by atoms with Crippen LogP contribution in [0.5, 0.6) is 0 Å². The number of nitrogens with two attached hydrogens (primary N) is 1. The van der Waals surface area contributed by atoms with E-state index in [1.165, 1.54) is 0 Å². The molecule has 0 aliphatic carbocycles. The van der Waals surface area contributed by atoms with E-state index in [-0.39, 0.29) is 23.6 Å². The number of sulfonamides is 1. The smallest absolute Gasteiger partial charge is 0.260 e. The lowest BCUT2D eigenvalue weighted by atomic mass is 10.0. The number of aromatic amines is 1. The van der Waals surface area contributed by atoms with Crippen LogP contribution in [0.1, 0.15) is 24.6 Å². The molecule has 2 rings (SSSR count). The highest BCUT2D eigenvalue weighted by Gasteiger charge is 2.28. The van der Waals surface area contributed by atoms with Crippen molar-refractivity contribution in [2.45, 2.75) is 37.9 Å². The average Bonchev–Trinajstić information content (AvgIpc) is 2.93. The van der Waals surface area contributed by atoms with Gasteiger partial charge in [-0.1, -0.05) is 0 Å². The molecule has 2 unspecified atom stereocenters. The summed E-state index contributed by atoms with van der Waals surface area (Å²) in [5.74, 6) is 0.205. The third kappa shape index (κ3) is 2.97. The number of aromatic nitrogens is 2. The van der Waals surface area contributed by atoms with Crippen molar-refractivity contribution in [3.8, 4) is 0 Å². The molecule has 8 heteroatoms. The Morgan fingerprint density at radius 2 is 2.32 bits per heavy atom. The Morgan fingerprint density at radius 3 is 2.89 bits per heavy atom. The summed E-state index contributed by atoms with van der Waals surface area (Å²) in [5, 5.41) is 6.49. The van der Waals surface area contributed by atoms with E-state index in [9.17, 15) is 8.42 Å². The van der Waals surface area contributed by atoms with Gasteiger partial charge in [-0.15, -0.1) is 0 Å². The van der Waals surface area contributed by atoms with Gasteiger partial charge in [-0.05, 0) is 20.3 Å². The number of nitrogens with one attached hydrogen (secondary N) is 2. The lowest BCUT2D eigenvalue weighted by Gasteiger charge is -2.14. The van der Waals surface area contributed by atoms with Crippen LogP contribution in [0.15, 0.2) is 5.03 Å². The van der Waals surface area contributed by atoms with Crippen molar-refractivity contribution >= 4 is 10.0 Å².